The number of halogens is 2. The van der Waals surface area contributed by atoms with Gasteiger partial charge in [-0.15, -0.1) is 5.10 Å². The lowest BCUT2D eigenvalue weighted by Gasteiger charge is -2.26. The van der Waals surface area contributed by atoms with Crippen LogP contribution in [0.5, 0.6) is 0 Å². The fourth-order valence-corrected chi connectivity index (χ4v) is 5.37. The van der Waals surface area contributed by atoms with Gasteiger partial charge in [-0.25, -0.2) is 13.3 Å². The fraction of sp³-hybridized carbons (Fsp3) is 0.571. The van der Waals surface area contributed by atoms with Crippen molar-refractivity contribution in [1.82, 2.24) is 19.4 Å². The monoisotopic (exact) mass is 464 g/mol. The maximum Gasteiger partial charge on any atom is 0.284 e. The molecule has 5 rings (SSSR count). The van der Waals surface area contributed by atoms with Gasteiger partial charge in [0, 0.05) is 19.3 Å². The number of hydrogen-bond donors (Lipinski definition) is 1. The molecule has 172 valence electrons. The van der Waals surface area contributed by atoms with E-state index in [4.69, 9.17) is 4.74 Å². The van der Waals surface area contributed by atoms with Gasteiger partial charge in [0.05, 0.1) is 24.9 Å². The Morgan fingerprint density at radius 2 is 1.94 bits per heavy atom. The standard InChI is InChI=1S/C21H26F2N6O2S/c1-13-2-4-14(5-3-13)28-12-15(18(25-28)19(22)23)24-20(30)16-6-7-17-29(16)26-21(32-17)27-8-10-31-11-9-27/h6-7,12-14,19H,2-5,8-11H2,1H3,(H,24,30). The molecule has 8 nitrogen and oxygen atoms in total. The Kier molecular flexibility index (Phi) is 5.85. The van der Waals surface area contributed by atoms with E-state index in [1.54, 1.807) is 21.5 Å². The molecule has 4 heterocycles. The summed E-state index contributed by atoms with van der Waals surface area (Å²) in [6.07, 6.45) is 2.68. The lowest BCUT2D eigenvalue weighted by Crippen LogP contribution is -2.36. The zero-order valence-electron chi connectivity index (χ0n) is 17.8. The van der Waals surface area contributed by atoms with Crippen molar-refractivity contribution in [1.29, 1.82) is 0 Å². The van der Waals surface area contributed by atoms with Gasteiger partial charge in [-0.05, 0) is 43.7 Å². The number of amides is 1. The number of alkyl halides is 2. The van der Waals surface area contributed by atoms with Crippen LogP contribution in [0, 0.1) is 5.92 Å². The van der Waals surface area contributed by atoms with Crippen molar-refractivity contribution in [2.24, 2.45) is 5.92 Å². The van der Waals surface area contributed by atoms with Gasteiger partial charge in [0.2, 0.25) is 5.13 Å². The Balaban J connectivity index is 1.37. The number of anilines is 2. The lowest BCUT2D eigenvalue weighted by molar-refractivity contribution is 0.101. The summed E-state index contributed by atoms with van der Waals surface area (Å²) in [4.78, 5) is 15.9. The van der Waals surface area contributed by atoms with E-state index < -0.39 is 18.0 Å². The highest BCUT2D eigenvalue weighted by Crippen LogP contribution is 2.35. The van der Waals surface area contributed by atoms with E-state index >= 15 is 0 Å². The van der Waals surface area contributed by atoms with Gasteiger partial charge in [-0.3, -0.25) is 9.48 Å². The first-order valence-corrected chi connectivity index (χ1v) is 11.8. The molecule has 0 spiro atoms. The average Bonchev–Trinajstić information content (AvgIpc) is 3.49. The van der Waals surface area contributed by atoms with Crippen molar-refractivity contribution < 1.29 is 18.3 Å². The first kappa shape index (κ1) is 21.3. The molecule has 11 heteroatoms. The zero-order chi connectivity index (χ0) is 22.2. The molecule has 2 aliphatic rings. The summed E-state index contributed by atoms with van der Waals surface area (Å²) in [6, 6.07) is 3.56. The minimum absolute atomic E-state index is 0.0576. The van der Waals surface area contributed by atoms with Crippen LogP contribution in [-0.4, -0.2) is 51.6 Å². The number of fused-ring (bicyclic) bond motifs is 1. The van der Waals surface area contributed by atoms with Crippen LogP contribution >= 0.6 is 11.3 Å². The second kappa shape index (κ2) is 8.78. The Labute approximate surface area is 188 Å². The topological polar surface area (TPSA) is 76.7 Å². The van der Waals surface area contributed by atoms with E-state index in [9.17, 15) is 13.6 Å². The van der Waals surface area contributed by atoms with Crippen LogP contribution in [0.25, 0.3) is 4.83 Å². The first-order chi connectivity index (χ1) is 15.5. The van der Waals surface area contributed by atoms with Gasteiger partial charge < -0.3 is 15.0 Å². The van der Waals surface area contributed by atoms with E-state index in [0.29, 0.717) is 24.8 Å². The minimum Gasteiger partial charge on any atom is -0.378 e. The molecule has 0 unspecified atom stereocenters. The third kappa shape index (κ3) is 4.11. The molecule has 1 N–H and O–H groups in total. The highest BCUT2D eigenvalue weighted by Gasteiger charge is 2.27. The van der Waals surface area contributed by atoms with Crippen LogP contribution in [-0.2, 0) is 4.74 Å². The molecule has 0 atom stereocenters. The molecule has 3 aromatic rings. The summed E-state index contributed by atoms with van der Waals surface area (Å²) in [6.45, 7) is 4.98. The quantitative estimate of drug-likeness (QED) is 0.607. The van der Waals surface area contributed by atoms with E-state index in [1.807, 2.05) is 6.07 Å². The van der Waals surface area contributed by atoms with Gasteiger partial charge in [0.25, 0.3) is 12.3 Å². The Morgan fingerprint density at radius 3 is 2.66 bits per heavy atom. The van der Waals surface area contributed by atoms with E-state index in [0.717, 1.165) is 48.7 Å². The number of rotatable bonds is 5. The van der Waals surface area contributed by atoms with Gasteiger partial charge >= 0.3 is 0 Å². The van der Waals surface area contributed by atoms with Crippen LogP contribution in [0.1, 0.15) is 61.3 Å². The van der Waals surface area contributed by atoms with Crippen LogP contribution in [0.4, 0.5) is 19.6 Å². The number of hydrogen-bond acceptors (Lipinski definition) is 6. The number of ether oxygens (including phenoxy) is 1. The molecule has 2 fully saturated rings. The maximum atomic E-state index is 13.7. The van der Waals surface area contributed by atoms with Gasteiger partial charge in [-0.1, -0.05) is 18.3 Å². The molecule has 0 radical (unpaired) electrons. The molecule has 1 aliphatic heterocycles. The summed E-state index contributed by atoms with van der Waals surface area (Å²) in [5.74, 6) is 0.162. The van der Waals surface area contributed by atoms with Crippen LogP contribution < -0.4 is 10.2 Å². The molecular weight excluding hydrogens is 438 g/mol. The van der Waals surface area contributed by atoms with Gasteiger partial charge in [0.1, 0.15) is 10.5 Å². The van der Waals surface area contributed by atoms with Gasteiger partial charge in [-0.2, -0.15) is 5.10 Å². The molecule has 0 aromatic carbocycles. The van der Waals surface area contributed by atoms with Crippen LogP contribution in [0.2, 0.25) is 0 Å². The van der Waals surface area contributed by atoms with E-state index in [1.165, 1.54) is 11.3 Å². The van der Waals surface area contributed by atoms with Crippen molar-refractivity contribution in [3.63, 3.8) is 0 Å². The molecule has 1 amide bonds. The highest BCUT2D eigenvalue weighted by atomic mass is 32.1. The molecule has 32 heavy (non-hydrogen) atoms. The fourth-order valence-electron chi connectivity index (χ4n) is 4.39. The van der Waals surface area contributed by atoms with Gasteiger partial charge in [0.15, 0.2) is 5.69 Å². The predicted octanol–water partition coefficient (Wildman–Crippen LogP) is 4.37. The Bertz CT molecular complexity index is 1100. The molecule has 0 bridgehead atoms. The largest absolute Gasteiger partial charge is 0.378 e. The predicted molar refractivity (Wildman–Crippen MR) is 118 cm³/mol. The van der Waals surface area contributed by atoms with E-state index in [2.05, 4.69) is 27.3 Å². The van der Waals surface area contributed by atoms with Crippen molar-refractivity contribution in [2.45, 2.75) is 45.1 Å². The Hall–Kier alpha value is -2.53. The highest BCUT2D eigenvalue weighted by molar-refractivity contribution is 7.20. The Morgan fingerprint density at radius 1 is 1.19 bits per heavy atom. The smallest absolute Gasteiger partial charge is 0.284 e. The summed E-state index contributed by atoms with van der Waals surface area (Å²) in [7, 11) is 0. The van der Waals surface area contributed by atoms with Crippen molar-refractivity contribution >= 4 is 32.9 Å². The summed E-state index contributed by atoms with van der Waals surface area (Å²) in [5, 5.41) is 12.2. The lowest BCUT2D eigenvalue weighted by atomic mass is 9.87. The molecule has 1 saturated heterocycles. The number of nitrogens with zero attached hydrogens (tertiary/aromatic N) is 5. The number of morpholine rings is 1. The summed E-state index contributed by atoms with van der Waals surface area (Å²) >= 11 is 1.49. The van der Waals surface area contributed by atoms with Crippen LogP contribution in [0.15, 0.2) is 18.3 Å². The minimum atomic E-state index is -2.77. The second-order valence-electron chi connectivity index (χ2n) is 8.53. The third-order valence-corrected chi connectivity index (χ3v) is 7.33. The average molecular weight is 465 g/mol. The third-order valence-electron chi connectivity index (χ3n) is 6.29. The van der Waals surface area contributed by atoms with Crippen molar-refractivity contribution in [3.05, 3.63) is 29.7 Å². The SMILES string of the molecule is CC1CCC(n2cc(NC(=O)c3ccc4sc(N5CCOCC5)nn34)c(C(F)F)n2)CC1. The van der Waals surface area contributed by atoms with Crippen molar-refractivity contribution in [2.75, 3.05) is 36.5 Å². The number of carbonyl (C=O) groups excluding carboxylic acids is 1. The van der Waals surface area contributed by atoms with E-state index in [-0.39, 0.29) is 11.7 Å². The summed E-state index contributed by atoms with van der Waals surface area (Å²) in [5.41, 5.74) is -0.0329. The van der Waals surface area contributed by atoms with Crippen LogP contribution in [0.3, 0.4) is 0 Å². The first-order valence-electron chi connectivity index (χ1n) is 11.0. The molecule has 3 aromatic heterocycles. The normalized spacial score (nSPS) is 22.1. The summed E-state index contributed by atoms with van der Waals surface area (Å²) < 4.78 is 35.9. The molecule has 1 saturated carbocycles. The molecular formula is C21H26F2N6O2S. The van der Waals surface area contributed by atoms with Crippen molar-refractivity contribution in [3.8, 4) is 0 Å². The second-order valence-corrected chi connectivity index (χ2v) is 9.52. The number of carbonyl (C=O) groups is 1. The maximum absolute atomic E-state index is 13.7. The molecule has 1 aliphatic carbocycles. The zero-order valence-corrected chi connectivity index (χ0v) is 18.7. The number of aromatic nitrogens is 4. The number of nitrogens with one attached hydrogen (secondary N) is 1.